The molecule has 0 atom stereocenters. The maximum absolute atomic E-state index is 12.2. The topological polar surface area (TPSA) is 67.4 Å². The molecule has 1 aromatic rings. The molecule has 0 saturated heterocycles. The minimum absolute atomic E-state index is 0.0104. The summed E-state index contributed by atoms with van der Waals surface area (Å²) in [7, 11) is -3.59. The number of rotatable bonds is 9. The van der Waals surface area contributed by atoms with Gasteiger partial charge in [-0.3, -0.25) is 4.72 Å². The Morgan fingerprint density at radius 2 is 2.00 bits per heavy atom. The molecule has 0 aliphatic heterocycles. The highest BCUT2D eigenvalue weighted by Crippen LogP contribution is 2.26. The van der Waals surface area contributed by atoms with Crippen LogP contribution in [-0.2, 0) is 10.0 Å². The van der Waals surface area contributed by atoms with E-state index in [0.717, 1.165) is 6.54 Å². The Hall–Kier alpha value is -1.41. The van der Waals surface area contributed by atoms with Gasteiger partial charge in [0.15, 0.2) is 0 Å². The van der Waals surface area contributed by atoms with Crippen molar-refractivity contribution in [1.82, 2.24) is 5.32 Å². The Morgan fingerprint density at radius 3 is 2.65 bits per heavy atom. The number of nitrogens with one attached hydrogen (secondary N) is 2. The molecule has 0 aliphatic carbocycles. The molecule has 2 N–H and O–H groups in total. The third kappa shape index (κ3) is 6.16. The molecule has 0 spiro atoms. The summed E-state index contributed by atoms with van der Waals surface area (Å²) in [6.45, 7) is 0.255. The van der Waals surface area contributed by atoms with E-state index in [4.69, 9.17) is 0 Å². The van der Waals surface area contributed by atoms with Crippen molar-refractivity contribution in [3.05, 3.63) is 24.3 Å². The molecule has 1 aromatic carbocycles. The van der Waals surface area contributed by atoms with Crippen LogP contribution in [0.25, 0.3) is 0 Å². The van der Waals surface area contributed by atoms with E-state index in [9.17, 15) is 17.2 Å². The second-order valence-electron chi connectivity index (χ2n) is 4.00. The fourth-order valence-corrected chi connectivity index (χ4v) is 2.66. The fraction of sp³-hybridized carbons (Fsp3) is 0.500. The number of hydrogen-bond donors (Lipinski definition) is 2. The first kappa shape index (κ1) is 16.6. The largest absolute Gasteiger partial charge is 0.433 e. The predicted octanol–water partition coefficient (Wildman–Crippen LogP) is 2.03. The third-order valence-corrected chi connectivity index (χ3v) is 3.74. The maximum atomic E-state index is 12.2. The van der Waals surface area contributed by atoms with Crippen LogP contribution in [0.2, 0.25) is 0 Å². The fourth-order valence-electron chi connectivity index (χ4n) is 1.53. The first-order valence-corrected chi connectivity index (χ1v) is 7.85. The van der Waals surface area contributed by atoms with Gasteiger partial charge in [0.05, 0.1) is 11.4 Å². The van der Waals surface area contributed by atoms with Crippen LogP contribution in [0.1, 0.15) is 13.3 Å². The van der Waals surface area contributed by atoms with Crippen LogP contribution >= 0.6 is 0 Å². The van der Waals surface area contributed by atoms with Crippen LogP contribution < -0.4 is 14.8 Å². The zero-order chi connectivity index (χ0) is 15.0. The zero-order valence-corrected chi connectivity index (χ0v) is 11.9. The van der Waals surface area contributed by atoms with Gasteiger partial charge in [-0.05, 0) is 31.6 Å². The second-order valence-corrected chi connectivity index (χ2v) is 5.84. The lowest BCUT2D eigenvalue weighted by Crippen LogP contribution is -2.22. The van der Waals surface area contributed by atoms with Gasteiger partial charge in [0.1, 0.15) is 5.75 Å². The Kier molecular flexibility index (Phi) is 6.66. The molecule has 0 amide bonds. The van der Waals surface area contributed by atoms with Crippen LogP contribution in [0.3, 0.4) is 0 Å². The summed E-state index contributed by atoms with van der Waals surface area (Å²) in [5, 5.41) is 3.01. The number of hydrogen-bond acceptors (Lipinski definition) is 4. The lowest BCUT2D eigenvalue weighted by Gasteiger charge is -2.12. The van der Waals surface area contributed by atoms with Gasteiger partial charge in [0, 0.05) is 0 Å². The highest BCUT2D eigenvalue weighted by Gasteiger charge is 2.15. The lowest BCUT2D eigenvalue weighted by atomic mass is 10.3. The molecule has 0 bridgehead atoms. The molecule has 0 radical (unpaired) electrons. The summed E-state index contributed by atoms with van der Waals surface area (Å²) in [5.74, 6) is -0.291. The summed E-state index contributed by atoms with van der Waals surface area (Å²) in [4.78, 5) is 0. The van der Waals surface area contributed by atoms with Crippen molar-refractivity contribution in [2.75, 3.05) is 23.6 Å². The summed E-state index contributed by atoms with van der Waals surface area (Å²) in [6.07, 6.45) is 0.432. The number of sulfonamides is 1. The van der Waals surface area contributed by atoms with E-state index < -0.39 is 16.6 Å². The number of ether oxygens (including phenoxy) is 1. The molecule has 1 rings (SSSR count). The highest BCUT2D eigenvalue weighted by molar-refractivity contribution is 7.92. The molecule has 0 heterocycles. The Morgan fingerprint density at radius 1 is 1.30 bits per heavy atom. The zero-order valence-electron chi connectivity index (χ0n) is 11.1. The first-order valence-electron chi connectivity index (χ1n) is 6.19. The van der Waals surface area contributed by atoms with Crippen LogP contribution in [-0.4, -0.2) is 33.9 Å². The van der Waals surface area contributed by atoms with Crippen molar-refractivity contribution < 1.29 is 21.9 Å². The van der Waals surface area contributed by atoms with Crippen LogP contribution in [0, 0.1) is 0 Å². The van der Waals surface area contributed by atoms with E-state index in [1.54, 1.807) is 0 Å². The normalized spacial score (nSPS) is 11.6. The molecule has 0 unspecified atom stereocenters. The highest BCUT2D eigenvalue weighted by atomic mass is 32.2. The molecular weight excluding hydrogens is 290 g/mol. The van der Waals surface area contributed by atoms with E-state index >= 15 is 0 Å². The van der Waals surface area contributed by atoms with Gasteiger partial charge in [-0.2, -0.15) is 8.78 Å². The maximum Gasteiger partial charge on any atom is 0.387 e. The summed E-state index contributed by atoms with van der Waals surface area (Å²) in [5.41, 5.74) is 0.0104. The van der Waals surface area contributed by atoms with E-state index in [2.05, 4.69) is 14.8 Å². The van der Waals surface area contributed by atoms with Gasteiger partial charge in [0.25, 0.3) is 0 Å². The molecule has 0 saturated carbocycles. The van der Waals surface area contributed by atoms with Gasteiger partial charge in [-0.25, -0.2) is 8.42 Å². The SMILES string of the molecule is CCNCCCS(=O)(=O)Nc1ccccc1OC(F)F. The number of alkyl halides is 2. The minimum atomic E-state index is -3.59. The Balaban J connectivity index is 2.67. The average molecular weight is 308 g/mol. The van der Waals surface area contributed by atoms with Crippen LogP contribution in [0.5, 0.6) is 5.75 Å². The molecule has 5 nitrogen and oxygen atoms in total. The molecular formula is C12H18F2N2O3S. The average Bonchev–Trinajstić information content (AvgIpc) is 2.36. The van der Waals surface area contributed by atoms with Crippen molar-refractivity contribution >= 4 is 15.7 Å². The van der Waals surface area contributed by atoms with Crippen molar-refractivity contribution in [2.24, 2.45) is 0 Å². The Labute approximate surface area is 117 Å². The Bertz CT molecular complexity index is 509. The first-order chi connectivity index (χ1) is 9.44. The summed E-state index contributed by atoms with van der Waals surface area (Å²) >= 11 is 0. The predicted molar refractivity (Wildman–Crippen MR) is 73.6 cm³/mol. The van der Waals surface area contributed by atoms with Crippen molar-refractivity contribution in [1.29, 1.82) is 0 Å². The monoisotopic (exact) mass is 308 g/mol. The molecule has 20 heavy (non-hydrogen) atoms. The molecule has 0 fully saturated rings. The van der Waals surface area contributed by atoms with Gasteiger partial charge in [0.2, 0.25) is 10.0 Å². The molecule has 0 aromatic heterocycles. The standard InChI is InChI=1S/C12H18F2N2O3S/c1-2-15-8-5-9-20(17,18)16-10-6-3-4-7-11(10)19-12(13)14/h3-4,6-7,12,15-16H,2,5,8-9H2,1H3. The quantitative estimate of drug-likeness (QED) is 0.685. The minimum Gasteiger partial charge on any atom is -0.433 e. The van der Waals surface area contributed by atoms with Crippen LogP contribution in [0.4, 0.5) is 14.5 Å². The van der Waals surface area contributed by atoms with Gasteiger partial charge in [-0.1, -0.05) is 19.1 Å². The van der Waals surface area contributed by atoms with Gasteiger partial charge >= 0.3 is 6.61 Å². The van der Waals surface area contributed by atoms with E-state index in [-0.39, 0.29) is 17.2 Å². The van der Waals surface area contributed by atoms with Crippen molar-refractivity contribution in [2.45, 2.75) is 20.0 Å². The van der Waals surface area contributed by atoms with Crippen molar-refractivity contribution in [3.63, 3.8) is 0 Å². The third-order valence-electron chi connectivity index (χ3n) is 2.39. The lowest BCUT2D eigenvalue weighted by molar-refractivity contribution is -0.0493. The number of anilines is 1. The van der Waals surface area contributed by atoms with Gasteiger partial charge in [-0.15, -0.1) is 0 Å². The molecule has 114 valence electrons. The summed E-state index contributed by atoms with van der Waals surface area (Å²) in [6, 6.07) is 5.68. The van der Waals surface area contributed by atoms with Gasteiger partial charge < -0.3 is 10.1 Å². The smallest absolute Gasteiger partial charge is 0.387 e. The van der Waals surface area contributed by atoms with Crippen LogP contribution in [0.15, 0.2) is 24.3 Å². The van der Waals surface area contributed by atoms with E-state index in [1.807, 2.05) is 6.92 Å². The molecule has 8 heteroatoms. The van der Waals surface area contributed by atoms with Crippen molar-refractivity contribution in [3.8, 4) is 5.75 Å². The number of para-hydroxylation sites is 2. The molecule has 0 aliphatic rings. The number of benzene rings is 1. The van der Waals surface area contributed by atoms with E-state index in [0.29, 0.717) is 13.0 Å². The summed E-state index contributed by atoms with van der Waals surface area (Å²) < 4.78 is 54.6. The van der Waals surface area contributed by atoms with E-state index in [1.165, 1.54) is 24.3 Å². The second kappa shape index (κ2) is 8.01. The number of halogens is 2.